The van der Waals surface area contributed by atoms with Crippen LogP contribution in [0.3, 0.4) is 0 Å². The average molecular weight is 529 g/mol. The Labute approximate surface area is 209 Å². The van der Waals surface area contributed by atoms with Gasteiger partial charge in [0.15, 0.2) is 10.8 Å². The molecule has 190 valence electrons. The van der Waals surface area contributed by atoms with Gasteiger partial charge in [0, 0.05) is 12.5 Å². The van der Waals surface area contributed by atoms with E-state index in [2.05, 4.69) is 70.3 Å². The van der Waals surface area contributed by atoms with Crippen molar-refractivity contribution in [3.63, 3.8) is 0 Å². The number of hydrogen-bond acceptors (Lipinski definition) is 6. The summed E-state index contributed by atoms with van der Waals surface area (Å²) >= 11 is 6.20. The smallest absolute Gasteiger partial charge is 0.335 e. The van der Waals surface area contributed by atoms with Crippen molar-refractivity contribution in [1.82, 2.24) is 19.5 Å². The summed E-state index contributed by atoms with van der Waals surface area (Å²) in [6.45, 7) is 17.9. The van der Waals surface area contributed by atoms with E-state index >= 15 is 4.39 Å². The van der Waals surface area contributed by atoms with Crippen LogP contribution in [0.15, 0.2) is 12.7 Å². The molecule has 0 aromatic carbocycles. The molecular formula is C23H38ClFN4O3Si2. The first-order valence-corrected chi connectivity index (χ1v) is 16.8. The molecule has 1 saturated heterocycles. The Morgan fingerprint density at radius 2 is 1.59 bits per heavy atom. The van der Waals surface area contributed by atoms with Crippen molar-refractivity contribution in [3.8, 4) is 0 Å². The average Bonchev–Trinajstić information content (AvgIpc) is 3.29. The first kappa shape index (κ1) is 26.2. The number of fused-ring (bicyclic) bond motifs is 2. The minimum atomic E-state index is -2.86. The maximum Gasteiger partial charge on any atom is 0.335 e. The standard InChI is InChI=1S/C23H38ClFN4O3Si2/c1-13(2)33(14(3)4)30-10-17-9-18(29-12-28-20-22(24)26-11-27-23(20)29)19(25)21(17)31-34(32-33,15(5)6)16(7)8/h11-19,21H,9-10H2,1-8H3/t17-,18-,19+,21-/m1/s1. The number of nitrogens with zero attached hydrogens (tertiary/aromatic N) is 4. The molecule has 2 aromatic rings. The van der Waals surface area contributed by atoms with Crippen LogP contribution in [0.2, 0.25) is 27.3 Å². The van der Waals surface area contributed by atoms with Crippen LogP contribution in [-0.2, 0) is 13.0 Å². The van der Waals surface area contributed by atoms with Crippen molar-refractivity contribution in [2.24, 2.45) is 5.92 Å². The molecule has 0 radical (unpaired) electrons. The van der Waals surface area contributed by atoms with Crippen molar-refractivity contribution in [2.45, 2.75) is 102 Å². The molecule has 3 heterocycles. The van der Waals surface area contributed by atoms with Crippen LogP contribution in [0.1, 0.15) is 67.9 Å². The maximum atomic E-state index is 16.3. The van der Waals surface area contributed by atoms with E-state index in [9.17, 15) is 0 Å². The van der Waals surface area contributed by atoms with Gasteiger partial charge in [-0.1, -0.05) is 67.0 Å². The summed E-state index contributed by atoms with van der Waals surface area (Å²) in [4.78, 5) is 12.7. The van der Waals surface area contributed by atoms with Gasteiger partial charge in [0.25, 0.3) is 0 Å². The van der Waals surface area contributed by atoms with E-state index in [4.69, 9.17) is 24.6 Å². The minimum absolute atomic E-state index is 0.0765. The summed E-state index contributed by atoms with van der Waals surface area (Å²) in [5, 5.41) is 0.270. The Kier molecular flexibility index (Phi) is 7.32. The van der Waals surface area contributed by atoms with Crippen molar-refractivity contribution in [2.75, 3.05) is 6.61 Å². The Balaban J connectivity index is 1.77. The Bertz CT molecular complexity index is 1010. The minimum Gasteiger partial charge on any atom is -0.414 e. The van der Waals surface area contributed by atoms with Gasteiger partial charge in [-0.2, -0.15) is 0 Å². The number of alkyl halides is 1. The summed E-state index contributed by atoms with van der Waals surface area (Å²) in [5.74, 6) is -0.0765. The summed E-state index contributed by atoms with van der Waals surface area (Å²) in [5.41, 5.74) is 1.86. The van der Waals surface area contributed by atoms with Crippen LogP contribution in [0.5, 0.6) is 0 Å². The van der Waals surface area contributed by atoms with E-state index in [1.54, 1.807) is 10.9 Å². The molecular weight excluding hydrogens is 491 g/mol. The van der Waals surface area contributed by atoms with Gasteiger partial charge in [0.2, 0.25) is 0 Å². The van der Waals surface area contributed by atoms with E-state index in [1.165, 1.54) is 6.33 Å². The van der Waals surface area contributed by atoms with Gasteiger partial charge < -0.3 is 17.5 Å². The summed E-state index contributed by atoms with van der Waals surface area (Å²) < 4.78 is 39.0. The molecule has 1 aliphatic heterocycles. The molecule has 7 nitrogen and oxygen atoms in total. The van der Waals surface area contributed by atoms with Gasteiger partial charge >= 0.3 is 17.1 Å². The largest absolute Gasteiger partial charge is 0.414 e. The highest BCUT2D eigenvalue weighted by molar-refractivity contribution is 6.83. The van der Waals surface area contributed by atoms with Gasteiger partial charge in [-0.05, 0) is 28.6 Å². The van der Waals surface area contributed by atoms with Crippen molar-refractivity contribution >= 4 is 39.9 Å². The summed E-state index contributed by atoms with van der Waals surface area (Å²) in [7, 11) is -5.51. The number of halogens is 2. The van der Waals surface area contributed by atoms with Crippen LogP contribution in [0, 0.1) is 5.92 Å². The maximum absolute atomic E-state index is 16.3. The van der Waals surface area contributed by atoms with E-state index < -0.39 is 35.4 Å². The topological polar surface area (TPSA) is 71.3 Å². The molecule has 0 amide bonds. The normalized spacial score (nSPS) is 29.2. The highest BCUT2D eigenvalue weighted by atomic mass is 35.5. The first-order chi connectivity index (χ1) is 15.9. The lowest BCUT2D eigenvalue weighted by atomic mass is 10.1. The molecule has 2 aliphatic rings. The molecule has 0 spiro atoms. The number of aromatic nitrogens is 4. The number of rotatable bonds is 5. The molecule has 11 heteroatoms. The second kappa shape index (κ2) is 9.51. The lowest BCUT2D eigenvalue weighted by molar-refractivity contribution is 0.00540. The zero-order valence-corrected chi connectivity index (χ0v) is 24.2. The zero-order chi connectivity index (χ0) is 25.0. The molecule has 1 saturated carbocycles. The Hall–Kier alpha value is -0.916. The third-order valence-corrected chi connectivity index (χ3v) is 18.3. The SMILES string of the molecule is CC(C)[Si]1(C(C)C)OC[C@H]2C[C@@H](n3cnc4c(Cl)ncnc43)[C@H](F)[C@@H]2O[Si](C(C)C)(C(C)C)O1. The predicted octanol–water partition coefficient (Wildman–Crippen LogP) is 6.34. The highest BCUT2D eigenvalue weighted by Gasteiger charge is 2.61. The van der Waals surface area contributed by atoms with E-state index in [0.717, 1.165) is 0 Å². The van der Waals surface area contributed by atoms with Crippen molar-refractivity contribution in [3.05, 3.63) is 17.8 Å². The molecule has 34 heavy (non-hydrogen) atoms. The lowest BCUT2D eigenvalue weighted by Crippen LogP contribution is -2.64. The Morgan fingerprint density at radius 3 is 2.18 bits per heavy atom. The molecule has 4 rings (SSSR count). The lowest BCUT2D eigenvalue weighted by Gasteiger charge is -2.51. The van der Waals surface area contributed by atoms with E-state index in [-0.39, 0.29) is 33.2 Å². The molecule has 1 aliphatic carbocycles. The van der Waals surface area contributed by atoms with Crippen LogP contribution in [0.25, 0.3) is 11.2 Å². The molecule has 2 fully saturated rings. The van der Waals surface area contributed by atoms with Crippen molar-refractivity contribution < 1.29 is 17.4 Å². The highest BCUT2D eigenvalue weighted by Crippen LogP contribution is 2.50. The second-order valence-corrected chi connectivity index (χ2v) is 20.3. The van der Waals surface area contributed by atoms with Crippen LogP contribution < -0.4 is 0 Å². The number of hydrogen-bond donors (Lipinski definition) is 0. The quantitative estimate of drug-likeness (QED) is 0.333. The molecule has 0 unspecified atom stereocenters. The van der Waals surface area contributed by atoms with Crippen LogP contribution in [-0.4, -0.2) is 55.5 Å². The predicted molar refractivity (Wildman–Crippen MR) is 136 cm³/mol. The fraction of sp³-hybridized carbons (Fsp3) is 0.783. The molecule has 2 aromatic heterocycles. The molecule has 4 atom stereocenters. The summed E-state index contributed by atoms with van der Waals surface area (Å²) in [6.07, 6.45) is 1.76. The molecule has 0 N–H and O–H groups in total. The Morgan fingerprint density at radius 1 is 0.971 bits per heavy atom. The third kappa shape index (κ3) is 4.08. The third-order valence-electron chi connectivity index (χ3n) is 7.74. The summed E-state index contributed by atoms with van der Waals surface area (Å²) in [6, 6.07) is -0.465. The van der Waals surface area contributed by atoms with Crippen LogP contribution >= 0.6 is 11.6 Å². The fourth-order valence-corrected chi connectivity index (χ4v) is 17.3. The van der Waals surface area contributed by atoms with Crippen molar-refractivity contribution in [1.29, 1.82) is 0 Å². The number of imidazole rings is 1. The van der Waals surface area contributed by atoms with Gasteiger partial charge in [-0.15, -0.1) is 0 Å². The van der Waals surface area contributed by atoms with Crippen LogP contribution in [0.4, 0.5) is 4.39 Å². The monoisotopic (exact) mass is 528 g/mol. The van der Waals surface area contributed by atoms with E-state index in [1.807, 2.05) is 0 Å². The van der Waals surface area contributed by atoms with Gasteiger partial charge in [0.1, 0.15) is 18.0 Å². The fourth-order valence-electron chi connectivity index (χ4n) is 5.87. The first-order valence-electron chi connectivity index (χ1n) is 12.4. The van der Waals surface area contributed by atoms with Gasteiger partial charge in [-0.25, -0.2) is 19.3 Å². The van der Waals surface area contributed by atoms with Gasteiger partial charge in [-0.3, -0.25) is 0 Å². The zero-order valence-electron chi connectivity index (χ0n) is 21.5. The molecule has 0 bridgehead atoms. The second-order valence-electron chi connectivity index (χ2n) is 11.1. The van der Waals surface area contributed by atoms with Gasteiger partial charge in [0.05, 0.1) is 18.5 Å². The van der Waals surface area contributed by atoms with E-state index in [0.29, 0.717) is 24.2 Å².